The fourth-order valence-corrected chi connectivity index (χ4v) is 3.96. The normalized spacial score (nSPS) is 11.9. The lowest BCUT2D eigenvalue weighted by molar-refractivity contribution is -0.117. The lowest BCUT2D eigenvalue weighted by Crippen LogP contribution is -2.38. The summed E-state index contributed by atoms with van der Waals surface area (Å²) >= 11 is 2.89. The summed E-state index contributed by atoms with van der Waals surface area (Å²) in [7, 11) is 0. The number of amides is 1. The third-order valence-electron chi connectivity index (χ3n) is 3.49. The van der Waals surface area contributed by atoms with Crippen molar-refractivity contribution in [3.8, 4) is 0 Å². The Morgan fingerprint density at radius 3 is 2.23 bits per heavy atom. The molecule has 26 heavy (non-hydrogen) atoms. The SMILES string of the molecule is CCN(Sc1ccccc1)/C(=N\N)SC(C)(C)C(=O)Nc1ccccc1. The summed E-state index contributed by atoms with van der Waals surface area (Å²) in [6.07, 6.45) is 0. The Morgan fingerprint density at radius 1 is 1.12 bits per heavy atom. The van der Waals surface area contributed by atoms with E-state index in [1.807, 2.05) is 85.7 Å². The Balaban J connectivity index is 2.07. The number of benzene rings is 2. The number of hydrazone groups is 1. The Hall–Kier alpha value is -2.12. The molecular formula is C19H24N4OS2. The van der Waals surface area contributed by atoms with E-state index in [-0.39, 0.29) is 5.91 Å². The summed E-state index contributed by atoms with van der Waals surface area (Å²) in [5, 5.41) is 7.48. The summed E-state index contributed by atoms with van der Waals surface area (Å²) in [6.45, 7) is 6.46. The Bertz CT molecular complexity index is 736. The summed E-state index contributed by atoms with van der Waals surface area (Å²) in [4.78, 5) is 13.8. The molecule has 2 rings (SSSR count). The first kappa shape index (κ1) is 20.2. The maximum absolute atomic E-state index is 12.7. The second-order valence-electron chi connectivity index (χ2n) is 5.94. The molecule has 0 aliphatic heterocycles. The first-order chi connectivity index (χ1) is 12.5. The second-order valence-corrected chi connectivity index (χ2v) is 8.63. The molecule has 138 valence electrons. The highest BCUT2D eigenvalue weighted by atomic mass is 32.2. The van der Waals surface area contributed by atoms with Crippen LogP contribution in [0.4, 0.5) is 5.69 Å². The van der Waals surface area contributed by atoms with Gasteiger partial charge in [-0.05, 0) is 57.0 Å². The molecule has 0 aliphatic rings. The minimum Gasteiger partial charge on any atom is -0.325 e. The fourth-order valence-electron chi connectivity index (χ4n) is 2.07. The van der Waals surface area contributed by atoms with Crippen LogP contribution in [-0.2, 0) is 4.79 Å². The van der Waals surface area contributed by atoms with Crippen molar-refractivity contribution in [3.05, 3.63) is 60.7 Å². The molecule has 0 saturated heterocycles. The number of nitrogens with two attached hydrogens (primary N) is 1. The van der Waals surface area contributed by atoms with Gasteiger partial charge in [0.15, 0.2) is 5.17 Å². The second kappa shape index (κ2) is 9.54. The van der Waals surface area contributed by atoms with Crippen LogP contribution in [0.2, 0.25) is 0 Å². The molecule has 0 aromatic heterocycles. The number of rotatable bonds is 6. The van der Waals surface area contributed by atoms with Crippen LogP contribution in [0, 0.1) is 0 Å². The lowest BCUT2D eigenvalue weighted by atomic mass is 10.2. The Kier molecular flexibility index (Phi) is 7.41. The molecule has 0 heterocycles. The maximum atomic E-state index is 12.7. The van der Waals surface area contributed by atoms with Crippen LogP contribution in [-0.4, -0.2) is 26.7 Å². The molecule has 0 fully saturated rings. The molecule has 0 saturated carbocycles. The number of carbonyl (C=O) groups excluding carboxylic acids is 1. The standard InChI is InChI=1S/C19H24N4OS2/c1-4-23(26-16-13-9-6-10-14-16)18(22-20)25-19(2,3)17(24)21-15-11-7-5-8-12-15/h5-14H,4,20H2,1-3H3,(H,21,24)/b22-18+. The van der Waals surface area contributed by atoms with E-state index in [0.717, 1.165) is 10.6 Å². The zero-order chi connectivity index (χ0) is 19.0. The van der Waals surface area contributed by atoms with Crippen LogP contribution in [0.15, 0.2) is 70.7 Å². The first-order valence-corrected chi connectivity index (χ1v) is 9.89. The van der Waals surface area contributed by atoms with Crippen LogP contribution in [0.25, 0.3) is 0 Å². The first-order valence-electron chi connectivity index (χ1n) is 8.30. The van der Waals surface area contributed by atoms with Crippen molar-refractivity contribution in [2.24, 2.45) is 10.9 Å². The summed E-state index contributed by atoms with van der Waals surface area (Å²) in [6, 6.07) is 19.4. The van der Waals surface area contributed by atoms with Crippen molar-refractivity contribution in [3.63, 3.8) is 0 Å². The van der Waals surface area contributed by atoms with Crippen LogP contribution in [0.3, 0.4) is 0 Å². The van der Waals surface area contributed by atoms with Crippen LogP contribution >= 0.6 is 23.7 Å². The smallest absolute Gasteiger partial charge is 0.240 e. The van der Waals surface area contributed by atoms with Crippen molar-refractivity contribution in [2.75, 3.05) is 11.9 Å². The van der Waals surface area contributed by atoms with Gasteiger partial charge in [-0.2, -0.15) is 5.10 Å². The van der Waals surface area contributed by atoms with Gasteiger partial charge < -0.3 is 11.2 Å². The quantitative estimate of drug-likeness (QED) is 0.252. The summed E-state index contributed by atoms with van der Waals surface area (Å²) < 4.78 is 1.25. The topological polar surface area (TPSA) is 70.7 Å². The van der Waals surface area contributed by atoms with Gasteiger partial charge in [-0.3, -0.25) is 9.10 Å². The van der Waals surface area contributed by atoms with E-state index >= 15 is 0 Å². The minimum atomic E-state index is -0.737. The van der Waals surface area contributed by atoms with E-state index in [2.05, 4.69) is 10.4 Å². The van der Waals surface area contributed by atoms with Crippen molar-refractivity contribution in [2.45, 2.75) is 30.4 Å². The van der Waals surface area contributed by atoms with E-state index in [4.69, 9.17) is 5.84 Å². The number of carbonyl (C=O) groups is 1. The third kappa shape index (κ3) is 5.71. The van der Waals surface area contributed by atoms with Crippen molar-refractivity contribution >= 4 is 40.5 Å². The molecule has 2 aromatic rings. The fraction of sp³-hybridized carbons (Fsp3) is 0.263. The molecule has 0 spiro atoms. The molecule has 2 aromatic carbocycles. The van der Waals surface area contributed by atoms with Crippen LogP contribution < -0.4 is 11.2 Å². The predicted octanol–water partition coefficient (Wildman–Crippen LogP) is 4.40. The highest BCUT2D eigenvalue weighted by molar-refractivity contribution is 8.16. The van der Waals surface area contributed by atoms with E-state index in [1.54, 1.807) is 11.9 Å². The number of anilines is 1. The average Bonchev–Trinajstić information content (AvgIpc) is 2.66. The lowest BCUT2D eigenvalue weighted by Gasteiger charge is -2.28. The Morgan fingerprint density at radius 2 is 1.69 bits per heavy atom. The Labute approximate surface area is 163 Å². The highest BCUT2D eigenvalue weighted by Crippen LogP contribution is 2.33. The predicted molar refractivity (Wildman–Crippen MR) is 113 cm³/mol. The molecule has 0 bridgehead atoms. The van der Waals surface area contributed by atoms with Gasteiger partial charge in [0, 0.05) is 17.1 Å². The largest absolute Gasteiger partial charge is 0.325 e. The van der Waals surface area contributed by atoms with Crippen molar-refractivity contribution in [1.29, 1.82) is 0 Å². The number of nitrogens with zero attached hydrogens (tertiary/aromatic N) is 2. The van der Waals surface area contributed by atoms with Crippen LogP contribution in [0.1, 0.15) is 20.8 Å². The van der Waals surface area contributed by atoms with Gasteiger partial charge in [0.05, 0.1) is 4.75 Å². The molecular weight excluding hydrogens is 364 g/mol. The van der Waals surface area contributed by atoms with Gasteiger partial charge in [0.1, 0.15) is 0 Å². The number of hydrogen-bond donors (Lipinski definition) is 2. The van der Waals surface area contributed by atoms with Gasteiger partial charge in [-0.1, -0.05) is 48.2 Å². The van der Waals surface area contributed by atoms with E-state index in [0.29, 0.717) is 11.7 Å². The summed E-state index contributed by atoms with van der Waals surface area (Å²) in [5.74, 6) is 5.54. The van der Waals surface area contributed by atoms with Gasteiger partial charge in [-0.25, -0.2) is 0 Å². The van der Waals surface area contributed by atoms with Crippen LogP contribution in [0.5, 0.6) is 0 Å². The molecule has 0 atom stereocenters. The zero-order valence-corrected chi connectivity index (χ0v) is 16.8. The minimum absolute atomic E-state index is 0.101. The van der Waals surface area contributed by atoms with Gasteiger partial charge in [-0.15, -0.1) is 0 Å². The summed E-state index contributed by atoms with van der Waals surface area (Å²) in [5.41, 5.74) is 0.767. The van der Waals surface area contributed by atoms with Crippen molar-refractivity contribution < 1.29 is 4.79 Å². The molecule has 0 aliphatic carbocycles. The number of hydrogen-bond acceptors (Lipinski definition) is 5. The molecule has 3 N–H and O–H groups in total. The highest BCUT2D eigenvalue weighted by Gasteiger charge is 2.32. The molecule has 1 amide bonds. The molecule has 5 nitrogen and oxygen atoms in total. The van der Waals surface area contributed by atoms with E-state index in [1.165, 1.54) is 11.8 Å². The number of para-hydroxylation sites is 1. The third-order valence-corrected chi connectivity index (χ3v) is 5.95. The monoisotopic (exact) mass is 388 g/mol. The average molecular weight is 389 g/mol. The zero-order valence-electron chi connectivity index (χ0n) is 15.2. The maximum Gasteiger partial charge on any atom is 0.240 e. The van der Waals surface area contributed by atoms with Crippen molar-refractivity contribution in [1.82, 2.24) is 4.31 Å². The number of nitrogens with one attached hydrogen (secondary N) is 1. The van der Waals surface area contributed by atoms with Gasteiger partial charge in [0.2, 0.25) is 5.91 Å². The number of thioether (sulfide) groups is 1. The van der Waals surface area contributed by atoms with Gasteiger partial charge in [0.25, 0.3) is 0 Å². The molecule has 7 heteroatoms. The van der Waals surface area contributed by atoms with Gasteiger partial charge >= 0.3 is 0 Å². The van der Waals surface area contributed by atoms with E-state index < -0.39 is 4.75 Å². The molecule has 0 radical (unpaired) electrons. The number of amidine groups is 1. The molecule has 0 unspecified atom stereocenters. The van der Waals surface area contributed by atoms with E-state index in [9.17, 15) is 4.79 Å².